The van der Waals surface area contributed by atoms with Crippen molar-refractivity contribution in [3.8, 4) is 0 Å². The molecule has 1 aromatic carbocycles. The fourth-order valence-corrected chi connectivity index (χ4v) is 5.06. The molecule has 1 fully saturated rings. The van der Waals surface area contributed by atoms with Gasteiger partial charge in [0, 0.05) is 24.7 Å². The first-order chi connectivity index (χ1) is 11.3. The topological polar surface area (TPSA) is 53.9 Å². The largest absolute Gasteiger partial charge is 0.345 e. The summed E-state index contributed by atoms with van der Waals surface area (Å²) in [6.07, 6.45) is 1.64. The summed E-state index contributed by atoms with van der Waals surface area (Å²) in [6, 6.07) is 7.97. The summed E-state index contributed by atoms with van der Waals surface area (Å²) in [5.74, 6) is 0.470. The number of hydrogen-bond donors (Lipinski definition) is 2. The summed E-state index contributed by atoms with van der Waals surface area (Å²) in [5.41, 5.74) is 2.10. The number of benzene rings is 1. The van der Waals surface area contributed by atoms with E-state index in [4.69, 9.17) is 12.2 Å². The number of anilines is 1. The van der Waals surface area contributed by atoms with Gasteiger partial charge in [-0.25, -0.2) is 8.42 Å². The van der Waals surface area contributed by atoms with E-state index >= 15 is 0 Å². The molecule has 5 nitrogen and oxygen atoms in total. The number of quaternary nitrogens is 1. The van der Waals surface area contributed by atoms with Crippen LogP contribution >= 0.6 is 12.2 Å². The molecule has 1 saturated heterocycles. The smallest absolute Gasteiger partial charge is 0.173 e. The Morgan fingerprint density at radius 1 is 1.38 bits per heavy atom. The van der Waals surface area contributed by atoms with E-state index in [0.29, 0.717) is 11.5 Å². The number of sulfone groups is 1. The average Bonchev–Trinajstić information content (AvgIpc) is 2.85. The lowest BCUT2D eigenvalue weighted by atomic mass is 10.2. The molecular weight excluding hydrogens is 342 g/mol. The van der Waals surface area contributed by atoms with Crippen molar-refractivity contribution in [2.24, 2.45) is 0 Å². The molecule has 1 aromatic rings. The molecule has 134 valence electrons. The minimum absolute atomic E-state index is 0.0174. The Morgan fingerprint density at radius 3 is 2.67 bits per heavy atom. The minimum Gasteiger partial charge on any atom is -0.345 e. The second-order valence-electron chi connectivity index (χ2n) is 6.81. The molecule has 0 spiro atoms. The third-order valence-corrected chi connectivity index (χ3v) is 6.46. The van der Waals surface area contributed by atoms with Crippen LogP contribution in [0.1, 0.15) is 18.4 Å². The maximum atomic E-state index is 11.9. The van der Waals surface area contributed by atoms with Gasteiger partial charge in [0.2, 0.25) is 0 Å². The second-order valence-corrected chi connectivity index (χ2v) is 9.42. The standard InChI is InChI=1S/C17H27N3O2S2/c1-14-7-4-5-8-16(14)18-17(23)20(11-6-10-19(2)3)15-9-12-24(21,22)13-15/h4-5,7-8,15H,6,9-13H2,1-3H3,(H,18,23)/p+1/t15-/m0/s1. The van der Waals surface area contributed by atoms with Crippen LogP contribution in [-0.4, -0.2) is 63.2 Å². The zero-order chi connectivity index (χ0) is 17.7. The van der Waals surface area contributed by atoms with Gasteiger partial charge in [0.1, 0.15) is 0 Å². The Morgan fingerprint density at radius 2 is 2.08 bits per heavy atom. The molecule has 1 aliphatic rings. The summed E-state index contributed by atoms with van der Waals surface area (Å²) in [6.45, 7) is 3.84. The average molecular weight is 371 g/mol. The SMILES string of the molecule is Cc1ccccc1NC(=S)N(CCC[NH+](C)C)[C@H]1CCS(=O)(=O)C1. The molecule has 1 aliphatic heterocycles. The van der Waals surface area contributed by atoms with E-state index in [0.717, 1.165) is 30.8 Å². The fourth-order valence-electron chi connectivity index (χ4n) is 2.97. The van der Waals surface area contributed by atoms with Crippen LogP contribution in [0.4, 0.5) is 5.69 Å². The third-order valence-electron chi connectivity index (χ3n) is 4.37. The van der Waals surface area contributed by atoms with E-state index in [1.165, 1.54) is 4.90 Å². The van der Waals surface area contributed by atoms with Crippen molar-refractivity contribution < 1.29 is 13.3 Å². The molecule has 0 bridgehead atoms. The number of nitrogens with zero attached hydrogens (tertiary/aromatic N) is 1. The van der Waals surface area contributed by atoms with Gasteiger partial charge in [-0.05, 0) is 37.2 Å². The van der Waals surface area contributed by atoms with Gasteiger partial charge < -0.3 is 15.1 Å². The molecule has 2 N–H and O–H groups in total. The summed E-state index contributed by atoms with van der Waals surface area (Å²) >= 11 is 5.62. The summed E-state index contributed by atoms with van der Waals surface area (Å²) < 4.78 is 23.7. The summed E-state index contributed by atoms with van der Waals surface area (Å²) in [7, 11) is 1.31. The molecule has 0 radical (unpaired) electrons. The van der Waals surface area contributed by atoms with Gasteiger partial charge in [-0.2, -0.15) is 0 Å². The van der Waals surface area contributed by atoms with Gasteiger partial charge in [-0.15, -0.1) is 0 Å². The maximum absolute atomic E-state index is 11.9. The van der Waals surface area contributed by atoms with Gasteiger partial charge in [0.15, 0.2) is 14.9 Å². The number of nitrogens with one attached hydrogen (secondary N) is 2. The zero-order valence-electron chi connectivity index (χ0n) is 14.7. The number of rotatable bonds is 6. The monoisotopic (exact) mass is 370 g/mol. The molecule has 24 heavy (non-hydrogen) atoms. The number of thiocarbonyl (C=S) groups is 1. The molecule has 7 heteroatoms. The fraction of sp³-hybridized carbons (Fsp3) is 0.588. The normalized spacial score (nSPS) is 19.4. The van der Waals surface area contributed by atoms with E-state index in [-0.39, 0.29) is 17.5 Å². The molecular formula is C17H28N3O2S2+. The van der Waals surface area contributed by atoms with Crippen LogP contribution in [0.3, 0.4) is 0 Å². The van der Waals surface area contributed by atoms with Crippen LogP contribution < -0.4 is 10.2 Å². The van der Waals surface area contributed by atoms with Crippen LogP contribution in [0.2, 0.25) is 0 Å². The number of para-hydroxylation sites is 1. The van der Waals surface area contributed by atoms with Gasteiger partial charge in [-0.3, -0.25) is 0 Å². The van der Waals surface area contributed by atoms with Crippen LogP contribution in [0.15, 0.2) is 24.3 Å². The molecule has 0 aliphatic carbocycles. The Bertz CT molecular complexity index is 674. The van der Waals surface area contributed by atoms with Crippen molar-refractivity contribution in [2.45, 2.75) is 25.8 Å². The minimum atomic E-state index is -2.93. The van der Waals surface area contributed by atoms with Crippen LogP contribution in [-0.2, 0) is 9.84 Å². The van der Waals surface area contributed by atoms with Crippen LogP contribution in [0.25, 0.3) is 0 Å². The lowest BCUT2D eigenvalue weighted by molar-refractivity contribution is -0.858. The lowest BCUT2D eigenvalue weighted by Gasteiger charge is -2.31. The first kappa shape index (κ1) is 19.1. The quantitative estimate of drug-likeness (QED) is 0.723. The van der Waals surface area contributed by atoms with Gasteiger partial charge in [0.05, 0.1) is 32.1 Å². The number of aryl methyl sites for hydroxylation is 1. The zero-order valence-corrected chi connectivity index (χ0v) is 16.3. The Kier molecular flexibility index (Phi) is 6.60. The van der Waals surface area contributed by atoms with Gasteiger partial charge >= 0.3 is 0 Å². The first-order valence-electron chi connectivity index (χ1n) is 8.41. The van der Waals surface area contributed by atoms with Crippen molar-refractivity contribution in [3.63, 3.8) is 0 Å². The highest BCUT2D eigenvalue weighted by molar-refractivity contribution is 7.91. The molecule has 1 heterocycles. The molecule has 0 unspecified atom stereocenters. The van der Waals surface area contributed by atoms with Crippen molar-refractivity contribution in [3.05, 3.63) is 29.8 Å². The van der Waals surface area contributed by atoms with E-state index in [1.807, 2.05) is 31.2 Å². The predicted octanol–water partition coefficient (Wildman–Crippen LogP) is 0.716. The lowest BCUT2D eigenvalue weighted by Crippen LogP contribution is -3.05. The van der Waals surface area contributed by atoms with E-state index in [9.17, 15) is 8.42 Å². The second kappa shape index (κ2) is 8.27. The van der Waals surface area contributed by atoms with Gasteiger partial charge in [0.25, 0.3) is 0 Å². The Labute approximate surface area is 150 Å². The Balaban J connectivity index is 2.09. The highest BCUT2D eigenvalue weighted by Crippen LogP contribution is 2.20. The summed E-state index contributed by atoms with van der Waals surface area (Å²) in [5, 5.41) is 3.93. The van der Waals surface area contributed by atoms with Crippen molar-refractivity contribution >= 4 is 32.9 Å². The Hall–Kier alpha value is -1.18. The van der Waals surface area contributed by atoms with E-state index in [2.05, 4.69) is 24.3 Å². The highest BCUT2D eigenvalue weighted by Gasteiger charge is 2.33. The highest BCUT2D eigenvalue weighted by atomic mass is 32.2. The van der Waals surface area contributed by atoms with Crippen LogP contribution in [0.5, 0.6) is 0 Å². The van der Waals surface area contributed by atoms with E-state index < -0.39 is 9.84 Å². The molecule has 0 saturated carbocycles. The van der Waals surface area contributed by atoms with Crippen molar-refractivity contribution in [1.82, 2.24) is 4.90 Å². The predicted molar refractivity (Wildman–Crippen MR) is 103 cm³/mol. The third kappa shape index (κ3) is 5.43. The van der Waals surface area contributed by atoms with Crippen LogP contribution in [0, 0.1) is 6.92 Å². The molecule has 0 amide bonds. The van der Waals surface area contributed by atoms with Gasteiger partial charge in [-0.1, -0.05) is 18.2 Å². The van der Waals surface area contributed by atoms with E-state index in [1.54, 1.807) is 0 Å². The van der Waals surface area contributed by atoms with Crippen molar-refractivity contribution in [1.29, 1.82) is 0 Å². The number of hydrogen-bond acceptors (Lipinski definition) is 3. The molecule has 2 rings (SSSR count). The molecule has 0 aromatic heterocycles. The molecule has 1 atom stereocenters. The summed E-state index contributed by atoms with van der Waals surface area (Å²) in [4.78, 5) is 3.46. The maximum Gasteiger partial charge on any atom is 0.173 e. The first-order valence-corrected chi connectivity index (χ1v) is 10.6. The van der Waals surface area contributed by atoms with Crippen molar-refractivity contribution in [2.75, 3.05) is 44.0 Å².